The highest BCUT2D eigenvalue weighted by Crippen LogP contribution is 2.25. The van der Waals surface area contributed by atoms with Crippen LogP contribution in [0.2, 0.25) is 0 Å². The lowest BCUT2D eigenvalue weighted by atomic mass is 9.95. The zero-order valence-corrected chi connectivity index (χ0v) is 19.0. The molecule has 0 spiro atoms. The molecule has 1 aromatic carbocycles. The molecule has 0 saturated carbocycles. The third-order valence-corrected chi connectivity index (χ3v) is 6.84. The van der Waals surface area contributed by atoms with Crippen molar-refractivity contribution in [2.75, 3.05) is 26.2 Å². The number of likely N-dealkylation sites (tertiary alicyclic amines) is 2. The Bertz CT molecular complexity index is 1230. The normalized spacial score (nSPS) is 18.8. The minimum atomic E-state index is -0.566. The van der Waals surface area contributed by atoms with E-state index in [2.05, 4.69) is 10.1 Å². The maximum Gasteiger partial charge on any atom is 0.253 e. The van der Waals surface area contributed by atoms with Crippen molar-refractivity contribution in [3.05, 3.63) is 53.9 Å². The van der Waals surface area contributed by atoms with Crippen LogP contribution in [0.4, 0.5) is 0 Å². The SMILES string of the molecule is NC(=O)c1ccc(-c2ccc(C(=O)N3CCCC(C(=O)N4CCCCC4)C3)cc2)n2ncnc12. The van der Waals surface area contributed by atoms with E-state index in [1.807, 2.05) is 21.9 Å². The number of aromatic nitrogens is 3. The molecule has 1 atom stereocenters. The van der Waals surface area contributed by atoms with Crippen molar-refractivity contribution in [3.63, 3.8) is 0 Å². The molecule has 9 heteroatoms. The highest BCUT2D eigenvalue weighted by atomic mass is 16.2. The molecule has 176 valence electrons. The number of rotatable bonds is 4. The molecule has 2 aliphatic rings. The van der Waals surface area contributed by atoms with Gasteiger partial charge in [-0.1, -0.05) is 12.1 Å². The highest BCUT2D eigenvalue weighted by Gasteiger charge is 2.32. The number of pyridine rings is 1. The summed E-state index contributed by atoms with van der Waals surface area (Å²) in [5, 5.41) is 4.22. The molecule has 3 amide bonds. The van der Waals surface area contributed by atoms with Gasteiger partial charge in [0.2, 0.25) is 5.91 Å². The van der Waals surface area contributed by atoms with Gasteiger partial charge in [0.25, 0.3) is 11.8 Å². The van der Waals surface area contributed by atoms with E-state index in [1.54, 1.807) is 28.8 Å². The number of carbonyl (C=O) groups is 3. The van der Waals surface area contributed by atoms with E-state index in [9.17, 15) is 14.4 Å². The highest BCUT2D eigenvalue weighted by molar-refractivity contribution is 5.99. The van der Waals surface area contributed by atoms with Crippen LogP contribution >= 0.6 is 0 Å². The van der Waals surface area contributed by atoms with Crippen molar-refractivity contribution in [1.82, 2.24) is 24.4 Å². The Kier molecular flexibility index (Phi) is 6.00. The predicted octanol–water partition coefficient (Wildman–Crippen LogP) is 2.36. The summed E-state index contributed by atoms with van der Waals surface area (Å²) < 4.78 is 1.57. The Morgan fingerprint density at radius 2 is 1.62 bits per heavy atom. The fourth-order valence-corrected chi connectivity index (χ4v) is 5.02. The van der Waals surface area contributed by atoms with Gasteiger partial charge >= 0.3 is 0 Å². The summed E-state index contributed by atoms with van der Waals surface area (Å²) in [6.45, 7) is 2.82. The summed E-state index contributed by atoms with van der Waals surface area (Å²) in [7, 11) is 0. The van der Waals surface area contributed by atoms with Gasteiger partial charge in [0.1, 0.15) is 6.33 Å². The summed E-state index contributed by atoms with van der Waals surface area (Å²) in [5.74, 6) is -0.537. The van der Waals surface area contributed by atoms with Gasteiger partial charge in [-0.15, -0.1) is 0 Å². The first-order valence-corrected chi connectivity index (χ1v) is 11.8. The van der Waals surface area contributed by atoms with Gasteiger partial charge in [0, 0.05) is 37.3 Å². The first-order chi connectivity index (χ1) is 16.5. The lowest BCUT2D eigenvalue weighted by Gasteiger charge is -2.36. The minimum Gasteiger partial charge on any atom is -0.365 e. The standard InChI is InChI=1S/C25H28N6O3/c26-22(32)20-10-11-21(31-23(20)27-16-28-31)17-6-8-18(9-7-17)24(33)30-14-4-5-19(15-30)25(34)29-12-2-1-3-13-29/h6-11,16,19H,1-5,12-15H2,(H2,26,32). The van der Waals surface area contributed by atoms with Gasteiger partial charge in [-0.2, -0.15) is 5.10 Å². The number of benzene rings is 1. The summed E-state index contributed by atoms with van der Waals surface area (Å²) in [5.41, 5.74) is 8.28. The number of fused-ring (bicyclic) bond motifs is 1. The summed E-state index contributed by atoms with van der Waals surface area (Å²) in [4.78, 5) is 45.8. The predicted molar refractivity (Wildman–Crippen MR) is 126 cm³/mol. The first-order valence-electron chi connectivity index (χ1n) is 11.8. The molecule has 2 aliphatic heterocycles. The van der Waals surface area contributed by atoms with E-state index in [0.29, 0.717) is 29.9 Å². The smallest absolute Gasteiger partial charge is 0.253 e. The maximum atomic E-state index is 13.2. The van der Waals surface area contributed by atoms with Crippen molar-refractivity contribution in [2.45, 2.75) is 32.1 Å². The van der Waals surface area contributed by atoms with E-state index >= 15 is 0 Å². The second-order valence-electron chi connectivity index (χ2n) is 9.05. The number of nitrogens with two attached hydrogens (primary N) is 1. The third-order valence-electron chi connectivity index (χ3n) is 6.84. The average molecular weight is 461 g/mol. The lowest BCUT2D eigenvalue weighted by molar-refractivity contribution is -0.137. The van der Waals surface area contributed by atoms with Crippen LogP contribution in [0.25, 0.3) is 16.9 Å². The lowest BCUT2D eigenvalue weighted by Crippen LogP contribution is -2.47. The topological polar surface area (TPSA) is 114 Å². The molecule has 2 aromatic heterocycles. The fourth-order valence-electron chi connectivity index (χ4n) is 5.02. The van der Waals surface area contributed by atoms with Crippen molar-refractivity contribution in [1.29, 1.82) is 0 Å². The molecule has 0 bridgehead atoms. The monoisotopic (exact) mass is 460 g/mol. The van der Waals surface area contributed by atoms with Gasteiger partial charge in [0.15, 0.2) is 5.65 Å². The molecule has 2 N–H and O–H groups in total. The first kappa shape index (κ1) is 22.1. The van der Waals surface area contributed by atoms with Gasteiger partial charge in [0.05, 0.1) is 17.2 Å². The van der Waals surface area contributed by atoms with Crippen LogP contribution in [0.1, 0.15) is 52.8 Å². The Labute approximate surface area is 197 Å². The van der Waals surface area contributed by atoms with Crippen LogP contribution in [0.3, 0.4) is 0 Å². The average Bonchev–Trinajstić information content (AvgIpc) is 3.38. The van der Waals surface area contributed by atoms with E-state index < -0.39 is 5.91 Å². The Morgan fingerprint density at radius 1 is 0.882 bits per heavy atom. The quantitative estimate of drug-likeness (QED) is 0.642. The number of amides is 3. The number of hydrogen-bond donors (Lipinski definition) is 1. The number of primary amides is 1. The second kappa shape index (κ2) is 9.24. The van der Waals surface area contributed by atoms with E-state index in [-0.39, 0.29) is 17.7 Å². The van der Waals surface area contributed by atoms with E-state index in [1.165, 1.54) is 12.7 Å². The molecule has 34 heavy (non-hydrogen) atoms. The van der Waals surface area contributed by atoms with Gasteiger partial charge in [-0.25, -0.2) is 9.50 Å². The zero-order chi connectivity index (χ0) is 23.7. The van der Waals surface area contributed by atoms with Crippen LogP contribution in [-0.4, -0.2) is 68.3 Å². The number of nitrogens with zero attached hydrogens (tertiary/aromatic N) is 5. The minimum absolute atomic E-state index is 0.0577. The third kappa shape index (κ3) is 4.13. The van der Waals surface area contributed by atoms with Crippen LogP contribution in [0.15, 0.2) is 42.7 Å². The number of hydrogen-bond acceptors (Lipinski definition) is 5. The van der Waals surface area contributed by atoms with Gasteiger partial charge < -0.3 is 15.5 Å². The van der Waals surface area contributed by atoms with Crippen molar-refractivity contribution < 1.29 is 14.4 Å². The van der Waals surface area contributed by atoms with Crippen LogP contribution < -0.4 is 5.73 Å². The molecule has 2 fully saturated rings. The van der Waals surface area contributed by atoms with Gasteiger partial charge in [-0.3, -0.25) is 14.4 Å². The molecule has 2 saturated heterocycles. The Morgan fingerprint density at radius 3 is 2.35 bits per heavy atom. The molecular weight excluding hydrogens is 432 g/mol. The van der Waals surface area contributed by atoms with Crippen molar-refractivity contribution >= 4 is 23.4 Å². The molecule has 1 unspecified atom stereocenters. The van der Waals surface area contributed by atoms with Gasteiger partial charge in [-0.05, 0) is 56.4 Å². The molecule has 0 aliphatic carbocycles. The summed E-state index contributed by atoms with van der Waals surface area (Å²) in [6, 6.07) is 10.7. The number of piperidine rings is 2. The molecule has 9 nitrogen and oxygen atoms in total. The maximum absolute atomic E-state index is 13.2. The second-order valence-corrected chi connectivity index (χ2v) is 9.05. The summed E-state index contributed by atoms with van der Waals surface area (Å²) >= 11 is 0. The Hall–Kier alpha value is -3.75. The summed E-state index contributed by atoms with van der Waals surface area (Å²) in [6.07, 6.45) is 6.38. The molecule has 0 radical (unpaired) electrons. The molecule has 3 aromatic rings. The number of carbonyl (C=O) groups excluding carboxylic acids is 3. The molecule has 4 heterocycles. The van der Waals surface area contributed by atoms with E-state index in [4.69, 9.17) is 5.73 Å². The van der Waals surface area contributed by atoms with Crippen molar-refractivity contribution in [3.8, 4) is 11.3 Å². The zero-order valence-electron chi connectivity index (χ0n) is 19.0. The van der Waals surface area contributed by atoms with Crippen LogP contribution in [-0.2, 0) is 4.79 Å². The van der Waals surface area contributed by atoms with E-state index in [0.717, 1.165) is 50.0 Å². The largest absolute Gasteiger partial charge is 0.365 e. The fraction of sp³-hybridized carbons (Fsp3) is 0.400. The molecular formula is C25H28N6O3. The van der Waals surface area contributed by atoms with Crippen LogP contribution in [0, 0.1) is 5.92 Å². The van der Waals surface area contributed by atoms with Crippen LogP contribution in [0.5, 0.6) is 0 Å². The Balaban J connectivity index is 1.32. The molecule has 5 rings (SSSR count). The van der Waals surface area contributed by atoms with Crippen molar-refractivity contribution in [2.24, 2.45) is 11.7 Å².